The summed E-state index contributed by atoms with van der Waals surface area (Å²) in [5.74, 6) is 0.783. The Morgan fingerprint density at radius 3 is 3.00 bits per heavy atom. The molecule has 2 N–H and O–H groups in total. The first kappa shape index (κ1) is 13.4. The molecule has 0 radical (unpaired) electrons. The number of anilines is 1. The van der Waals surface area contributed by atoms with E-state index < -0.39 is 0 Å². The monoisotopic (exact) mass is 261 g/mol. The molecule has 1 unspecified atom stereocenters. The molecule has 5 nitrogen and oxygen atoms in total. The van der Waals surface area contributed by atoms with E-state index in [1.807, 2.05) is 35.8 Å². The molecule has 0 saturated carbocycles. The number of hydrogen-bond donors (Lipinski definition) is 2. The molecule has 0 aliphatic rings. The van der Waals surface area contributed by atoms with E-state index in [-0.39, 0.29) is 12.6 Å². The van der Waals surface area contributed by atoms with Gasteiger partial charge in [0.1, 0.15) is 5.75 Å². The second-order valence-corrected chi connectivity index (χ2v) is 4.22. The van der Waals surface area contributed by atoms with Crippen molar-refractivity contribution in [1.29, 1.82) is 0 Å². The van der Waals surface area contributed by atoms with Crippen LogP contribution in [0, 0.1) is 0 Å². The molecule has 0 amide bonds. The van der Waals surface area contributed by atoms with Gasteiger partial charge in [-0.3, -0.25) is 0 Å². The predicted octanol–water partition coefficient (Wildman–Crippen LogP) is 2.06. The predicted molar refractivity (Wildman–Crippen MR) is 74.3 cm³/mol. The molecule has 5 heteroatoms. The highest BCUT2D eigenvalue weighted by Crippen LogP contribution is 2.22. The molecule has 0 aliphatic carbocycles. The second-order valence-electron chi connectivity index (χ2n) is 4.22. The van der Waals surface area contributed by atoms with Gasteiger partial charge >= 0.3 is 0 Å². The fourth-order valence-electron chi connectivity index (χ4n) is 2.01. The van der Waals surface area contributed by atoms with Gasteiger partial charge in [0.25, 0.3) is 0 Å². The number of nitrogens with one attached hydrogen (secondary N) is 1. The van der Waals surface area contributed by atoms with Crippen LogP contribution >= 0.6 is 0 Å². The van der Waals surface area contributed by atoms with Crippen LogP contribution in [0.15, 0.2) is 36.8 Å². The fraction of sp³-hybridized carbons (Fsp3) is 0.357. The molecule has 0 spiro atoms. The van der Waals surface area contributed by atoms with Crippen molar-refractivity contribution >= 4 is 5.69 Å². The number of aliphatic hydroxyl groups is 1. The number of benzene rings is 1. The lowest BCUT2D eigenvalue weighted by Crippen LogP contribution is -2.18. The van der Waals surface area contributed by atoms with Crippen molar-refractivity contribution < 1.29 is 9.84 Å². The van der Waals surface area contributed by atoms with Crippen LogP contribution in [0.25, 0.3) is 0 Å². The average molecular weight is 261 g/mol. The molecule has 0 saturated heterocycles. The highest BCUT2D eigenvalue weighted by atomic mass is 16.5. The van der Waals surface area contributed by atoms with Crippen molar-refractivity contribution in [2.45, 2.75) is 19.5 Å². The van der Waals surface area contributed by atoms with E-state index in [4.69, 9.17) is 4.74 Å². The highest BCUT2D eigenvalue weighted by Gasteiger charge is 2.14. The molecule has 19 heavy (non-hydrogen) atoms. The van der Waals surface area contributed by atoms with Crippen molar-refractivity contribution in [2.75, 3.05) is 19.0 Å². The van der Waals surface area contributed by atoms with Gasteiger partial charge in [0.05, 0.1) is 38.0 Å². The van der Waals surface area contributed by atoms with Crippen LogP contribution in [0.2, 0.25) is 0 Å². The number of hydrogen-bond acceptors (Lipinski definition) is 4. The summed E-state index contributed by atoms with van der Waals surface area (Å²) in [7, 11) is 1.63. The number of ether oxygens (including phenoxy) is 1. The Labute approximate surface area is 112 Å². The van der Waals surface area contributed by atoms with Gasteiger partial charge in [-0.15, -0.1) is 0 Å². The number of aromatic nitrogens is 2. The Balaban J connectivity index is 2.19. The van der Waals surface area contributed by atoms with E-state index in [9.17, 15) is 5.11 Å². The Hall–Kier alpha value is -2.01. The topological polar surface area (TPSA) is 59.3 Å². The maximum Gasteiger partial charge on any atom is 0.120 e. The second kappa shape index (κ2) is 6.24. The van der Waals surface area contributed by atoms with Crippen LogP contribution in [0.5, 0.6) is 5.75 Å². The lowest BCUT2D eigenvalue weighted by molar-refractivity contribution is 0.272. The molecule has 1 aromatic heterocycles. The van der Waals surface area contributed by atoms with E-state index in [0.717, 1.165) is 23.7 Å². The zero-order valence-electron chi connectivity index (χ0n) is 11.2. The van der Waals surface area contributed by atoms with E-state index in [1.54, 1.807) is 19.6 Å². The van der Waals surface area contributed by atoms with E-state index in [0.29, 0.717) is 0 Å². The Morgan fingerprint density at radius 1 is 1.47 bits per heavy atom. The summed E-state index contributed by atoms with van der Waals surface area (Å²) in [6, 6.07) is 7.45. The van der Waals surface area contributed by atoms with Crippen LogP contribution in [0.3, 0.4) is 0 Å². The minimum atomic E-state index is -0.186. The Bertz CT molecular complexity index is 525. The molecule has 1 heterocycles. The fourth-order valence-corrected chi connectivity index (χ4v) is 2.01. The van der Waals surface area contributed by atoms with Gasteiger partial charge in [0.2, 0.25) is 0 Å². The van der Waals surface area contributed by atoms with Gasteiger partial charge in [-0.05, 0) is 19.1 Å². The largest absolute Gasteiger partial charge is 0.497 e. The lowest BCUT2D eigenvalue weighted by Gasteiger charge is -2.19. The highest BCUT2D eigenvalue weighted by molar-refractivity contribution is 5.49. The Kier molecular flexibility index (Phi) is 4.41. The zero-order chi connectivity index (χ0) is 13.7. The number of methoxy groups -OCH3 is 1. The smallest absolute Gasteiger partial charge is 0.120 e. The average Bonchev–Trinajstić information content (AvgIpc) is 2.93. The van der Waals surface area contributed by atoms with Crippen LogP contribution in [0.1, 0.15) is 18.7 Å². The molecule has 0 bridgehead atoms. The number of aryl methyl sites for hydroxylation is 1. The van der Waals surface area contributed by atoms with Crippen molar-refractivity contribution in [3.63, 3.8) is 0 Å². The lowest BCUT2D eigenvalue weighted by atomic mass is 10.2. The first-order valence-electron chi connectivity index (χ1n) is 6.30. The summed E-state index contributed by atoms with van der Waals surface area (Å²) in [4.78, 5) is 4.12. The van der Waals surface area contributed by atoms with E-state index in [2.05, 4.69) is 10.3 Å². The molecule has 1 aromatic carbocycles. The van der Waals surface area contributed by atoms with Gasteiger partial charge in [0, 0.05) is 18.3 Å². The minimum absolute atomic E-state index is 0.00288. The maximum absolute atomic E-state index is 9.57. The van der Waals surface area contributed by atoms with Crippen LogP contribution in [-0.2, 0) is 6.54 Å². The van der Waals surface area contributed by atoms with Crippen LogP contribution in [-0.4, -0.2) is 28.4 Å². The van der Waals surface area contributed by atoms with Crippen molar-refractivity contribution in [3.8, 4) is 5.75 Å². The third-order valence-corrected chi connectivity index (χ3v) is 3.04. The summed E-state index contributed by atoms with van der Waals surface area (Å²) in [6.07, 6.45) is 3.54. The number of imidazole rings is 1. The number of nitrogens with zero attached hydrogens (tertiary/aromatic N) is 2. The summed E-state index contributed by atoms with van der Waals surface area (Å²) >= 11 is 0. The van der Waals surface area contributed by atoms with Gasteiger partial charge in [0.15, 0.2) is 0 Å². The third-order valence-electron chi connectivity index (χ3n) is 3.04. The minimum Gasteiger partial charge on any atom is -0.497 e. The van der Waals surface area contributed by atoms with E-state index >= 15 is 0 Å². The summed E-state index contributed by atoms with van der Waals surface area (Å²) in [5, 5.41) is 12.9. The van der Waals surface area contributed by atoms with Crippen molar-refractivity contribution in [1.82, 2.24) is 9.55 Å². The Morgan fingerprint density at radius 2 is 2.32 bits per heavy atom. The van der Waals surface area contributed by atoms with Crippen LogP contribution in [0.4, 0.5) is 5.69 Å². The maximum atomic E-state index is 9.57. The molecule has 1 atom stereocenters. The van der Waals surface area contributed by atoms with Gasteiger partial charge in [-0.1, -0.05) is 6.07 Å². The molecule has 2 aromatic rings. The normalized spacial score (nSPS) is 12.2. The standard InChI is InChI=1S/C14H19N3O2/c1-3-17-10-15-8-14(17)13(9-18)16-11-5-4-6-12(7-11)19-2/h4-8,10,13,16,18H,3,9H2,1-2H3. The molecule has 102 valence electrons. The van der Waals surface area contributed by atoms with Crippen molar-refractivity contribution in [3.05, 3.63) is 42.5 Å². The summed E-state index contributed by atoms with van der Waals surface area (Å²) < 4.78 is 7.19. The molecule has 0 aliphatic heterocycles. The van der Waals surface area contributed by atoms with E-state index in [1.165, 1.54) is 0 Å². The molecular weight excluding hydrogens is 242 g/mol. The first-order chi connectivity index (χ1) is 9.28. The third kappa shape index (κ3) is 3.06. The zero-order valence-corrected chi connectivity index (χ0v) is 11.2. The van der Waals surface area contributed by atoms with Gasteiger partial charge in [-0.25, -0.2) is 4.98 Å². The van der Waals surface area contributed by atoms with Gasteiger partial charge < -0.3 is 19.7 Å². The van der Waals surface area contributed by atoms with Crippen LogP contribution < -0.4 is 10.1 Å². The summed E-state index contributed by atoms with van der Waals surface area (Å²) in [5.41, 5.74) is 1.87. The SMILES string of the molecule is CCn1cncc1C(CO)Nc1cccc(OC)c1. The molecule has 2 rings (SSSR count). The molecule has 0 fully saturated rings. The first-order valence-corrected chi connectivity index (χ1v) is 6.30. The summed E-state index contributed by atoms with van der Waals surface area (Å²) in [6.45, 7) is 2.87. The van der Waals surface area contributed by atoms with Gasteiger partial charge in [-0.2, -0.15) is 0 Å². The number of aliphatic hydroxyl groups excluding tert-OH is 1. The quantitative estimate of drug-likeness (QED) is 0.835. The number of rotatable bonds is 6. The van der Waals surface area contributed by atoms with Crippen molar-refractivity contribution in [2.24, 2.45) is 0 Å². The molecular formula is C14H19N3O2.